The number of rotatable bonds is 2. The lowest BCUT2D eigenvalue weighted by Crippen LogP contribution is -2.15. The molecule has 0 amide bonds. The van der Waals surface area contributed by atoms with Crippen LogP contribution in [0.4, 0.5) is 5.82 Å². The van der Waals surface area contributed by atoms with Gasteiger partial charge in [-0.15, -0.1) is 0 Å². The average Bonchev–Trinajstić information content (AvgIpc) is 2.46. The third kappa shape index (κ3) is 2.31. The minimum atomic E-state index is 0.483. The van der Waals surface area contributed by atoms with Gasteiger partial charge in [-0.2, -0.15) is 0 Å². The molecule has 1 aliphatic heterocycles. The van der Waals surface area contributed by atoms with E-state index in [0.29, 0.717) is 24.9 Å². The zero-order valence-electron chi connectivity index (χ0n) is 10.7. The first-order valence-electron chi connectivity index (χ1n) is 6.29. The van der Waals surface area contributed by atoms with Crippen LogP contribution in [0, 0.1) is 0 Å². The summed E-state index contributed by atoms with van der Waals surface area (Å²) in [5.74, 6) is 2.59. The fourth-order valence-electron chi connectivity index (χ4n) is 2.01. The van der Waals surface area contributed by atoms with E-state index in [1.165, 1.54) is 0 Å². The van der Waals surface area contributed by atoms with Gasteiger partial charge in [-0.05, 0) is 24.6 Å². The Hall–Kier alpha value is -2.30. The number of nitrogen functional groups attached to an aromatic ring is 1. The molecular weight excluding hydrogens is 242 g/mol. The van der Waals surface area contributed by atoms with Crippen molar-refractivity contribution < 1.29 is 9.47 Å². The molecule has 0 aliphatic carbocycles. The van der Waals surface area contributed by atoms with Crippen LogP contribution in [0.3, 0.4) is 0 Å². The monoisotopic (exact) mass is 257 g/mol. The number of ether oxygens (including phenoxy) is 2. The van der Waals surface area contributed by atoms with Crippen molar-refractivity contribution >= 4 is 5.82 Å². The van der Waals surface area contributed by atoms with Crippen LogP contribution in [-0.2, 0) is 6.42 Å². The van der Waals surface area contributed by atoms with E-state index in [1.54, 1.807) is 6.07 Å². The molecule has 2 heterocycles. The number of aromatic nitrogens is 2. The van der Waals surface area contributed by atoms with E-state index >= 15 is 0 Å². The predicted octanol–water partition coefficient (Wildman–Crippen LogP) is 2.06. The molecule has 5 nitrogen and oxygen atoms in total. The predicted molar refractivity (Wildman–Crippen MR) is 72.2 cm³/mol. The molecule has 0 fully saturated rings. The van der Waals surface area contributed by atoms with Crippen molar-refractivity contribution in [2.24, 2.45) is 0 Å². The standard InChI is InChI=1S/C14H15N3O2/c1-2-10-8-13(15)17-14(16-10)9-3-4-11-12(7-9)19-6-5-18-11/h3-4,7-8H,2,5-6H2,1H3,(H2,15,16,17). The van der Waals surface area contributed by atoms with Crippen molar-refractivity contribution in [1.29, 1.82) is 0 Å². The second-order valence-corrected chi connectivity index (χ2v) is 4.32. The number of hydrogen-bond donors (Lipinski definition) is 1. The highest BCUT2D eigenvalue weighted by Gasteiger charge is 2.14. The zero-order chi connectivity index (χ0) is 13.2. The number of benzene rings is 1. The second-order valence-electron chi connectivity index (χ2n) is 4.32. The largest absolute Gasteiger partial charge is 0.486 e. The summed E-state index contributed by atoms with van der Waals surface area (Å²) in [6.07, 6.45) is 0.824. The van der Waals surface area contributed by atoms with Crippen LogP contribution in [0.25, 0.3) is 11.4 Å². The van der Waals surface area contributed by atoms with Crippen LogP contribution in [0.1, 0.15) is 12.6 Å². The van der Waals surface area contributed by atoms with Crippen molar-refractivity contribution in [3.8, 4) is 22.9 Å². The summed E-state index contributed by atoms with van der Waals surface area (Å²) in [6, 6.07) is 7.48. The van der Waals surface area contributed by atoms with Gasteiger partial charge in [-0.25, -0.2) is 9.97 Å². The van der Waals surface area contributed by atoms with Gasteiger partial charge in [0.05, 0.1) is 0 Å². The molecule has 0 radical (unpaired) electrons. The minimum Gasteiger partial charge on any atom is -0.486 e. The SMILES string of the molecule is CCc1cc(N)nc(-c2ccc3c(c2)OCCO3)n1. The summed E-state index contributed by atoms with van der Waals surface area (Å²) in [4.78, 5) is 8.76. The van der Waals surface area contributed by atoms with E-state index in [1.807, 2.05) is 25.1 Å². The smallest absolute Gasteiger partial charge is 0.162 e. The molecule has 0 spiro atoms. The van der Waals surface area contributed by atoms with Crippen LogP contribution < -0.4 is 15.2 Å². The maximum Gasteiger partial charge on any atom is 0.162 e. The molecule has 2 aromatic rings. The zero-order valence-corrected chi connectivity index (χ0v) is 10.7. The quantitative estimate of drug-likeness (QED) is 0.891. The number of anilines is 1. The lowest BCUT2D eigenvalue weighted by molar-refractivity contribution is 0.171. The Labute approximate surface area is 111 Å². The van der Waals surface area contributed by atoms with Crippen LogP contribution in [-0.4, -0.2) is 23.2 Å². The number of nitrogens with two attached hydrogens (primary N) is 1. The fraction of sp³-hybridized carbons (Fsp3) is 0.286. The summed E-state index contributed by atoms with van der Waals surface area (Å²) in [5, 5.41) is 0. The van der Waals surface area contributed by atoms with E-state index in [-0.39, 0.29) is 0 Å². The van der Waals surface area contributed by atoms with E-state index in [4.69, 9.17) is 15.2 Å². The maximum atomic E-state index is 5.80. The van der Waals surface area contributed by atoms with Gasteiger partial charge in [0.25, 0.3) is 0 Å². The van der Waals surface area contributed by atoms with Gasteiger partial charge in [0, 0.05) is 17.3 Å². The summed E-state index contributed by atoms with van der Waals surface area (Å²) in [6.45, 7) is 3.19. The third-order valence-electron chi connectivity index (χ3n) is 2.96. The molecule has 0 atom stereocenters. The first-order chi connectivity index (χ1) is 9.26. The Morgan fingerprint density at radius 1 is 1.11 bits per heavy atom. The molecule has 1 aliphatic rings. The summed E-state index contributed by atoms with van der Waals surface area (Å²) in [7, 11) is 0. The van der Waals surface area contributed by atoms with Crippen molar-refractivity contribution in [2.75, 3.05) is 18.9 Å². The molecule has 2 N–H and O–H groups in total. The summed E-state index contributed by atoms with van der Waals surface area (Å²) in [5.41, 5.74) is 7.61. The average molecular weight is 257 g/mol. The van der Waals surface area contributed by atoms with Gasteiger partial charge in [-0.3, -0.25) is 0 Å². The first kappa shape index (κ1) is 11.8. The maximum absolute atomic E-state index is 5.80. The van der Waals surface area contributed by atoms with Gasteiger partial charge in [-0.1, -0.05) is 6.92 Å². The van der Waals surface area contributed by atoms with Crippen molar-refractivity contribution in [1.82, 2.24) is 9.97 Å². The number of fused-ring (bicyclic) bond motifs is 1. The molecule has 1 aromatic heterocycles. The molecule has 0 unspecified atom stereocenters. The number of hydrogen-bond acceptors (Lipinski definition) is 5. The highest BCUT2D eigenvalue weighted by Crippen LogP contribution is 2.33. The van der Waals surface area contributed by atoms with Crippen LogP contribution in [0.2, 0.25) is 0 Å². The number of nitrogens with zero attached hydrogens (tertiary/aromatic N) is 2. The molecule has 0 bridgehead atoms. The molecule has 0 saturated heterocycles. The fourth-order valence-corrected chi connectivity index (χ4v) is 2.01. The lowest BCUT2D eigenvalue weighted by Gasteiger charge is -2.18. The highest BCUT2D eigenvalue weighted by atomic mass is 16.6. The van der Waals surface area contributed by atoms with Gasteiger partial charge in [0.2, 0.25) is 0 Å². The molecule has 98 valence electrons. The van der Waals surface area contributed by atoms with Crippen molar-refractivity contribution in [2.45, 2.75) is 13.3 Å². The molecule has 1 aromatic carbocycles. The van der Waals surface area contributed by atoms with Crippen LogP contribution in [0.15, 0.2) is 24.3 Å². The van der Waals surface area contributed by atoms with Gasteiger partial charge in [0.1, 0.15) is 19.0 Å². The summed E-state index contributed by atoms with van der Waals surface area (Å²) >= 11 is 0. The molecule has 0 saturated carbocycles. The number of aryl methyl sites for hydroxylation is 1. The van der Waals surface area contributed by atoms with Crippen molar-refractivity contribution in [3.05, 3.63) is 30.0 Å². The lowest BCUT2D eigenvalue weighted by atomic mass is 10.1. The van der Waals surface area contributed by atoms with E-state index in [0.717, 1.165) is 29.2 Å². The van der Waals surface area contributed by atoms with Crippen molar-refractivity contribution in [3.63, 3.8) is 0 Å². The van der Waals surface area contributed by atoms with E-state index in [2.05, 4.69) is 9.97 Å². The topological polar surface area (TPSA) is 70.3 Å². The van der Waals surface area contributed by atoms with E-state index in [9.17, 15) is 0 Å². The van der Waals surface area contributed by atoms with Gasteiger partial charge < -0.3 is 15.2 Å². The van der Waals surface area contributed by atoms with Gasteiger partial charge in [0.15, 0.2) is 17.3 Å². The Balaban J connectivity index is 2.04. The minimum absolute atomic E-state index is 0.483. The summed E-state index contributed by atoms with van der Waals surface area (Å²) < 4.78 is 11.1. The van der Waals surface area contributed by atoms with Crippen LogP contribution >= 0.6 is 0 Å². The molecule has 3 rings (SSSR count). The van der Waals surface area contributed by atoms with Gasteiger partial charge >= 0.3 is 0 Å². The normalized spacial score (nSPS) is 13.3. The Morgan fingerprint density at radius 2 is 1.89 bits per heavy atom. The second kappa shape index (κ2) is 4.76. The highest BCUT2D eigenvalue weighted by molar-refractivity contribution is 5.62. The molecular formula is C14H15N3O2. The Morgan fingerprint density at radius 3 is 2.68 bits per heavy atom. The van der Waals surface area contributed by atoms with E-state index < -0.39 is 0 Å². The third-order valence-corrected chi connectivity index (χ3v) is 2.96. The first-order valence-corrected chi connectivity index (χ1v) is 6.29. The molecule has 5 heteroatoms. The molecule has 19 heavy (non-hydrogen) atoms. The Bertz CT molecular complexity index is 614. The Kier molecular flexibility index (Phi) is 2.95. The van der Waals surface area contributed by atoms with Crippen LogP contribution in [0.5, 0.6) is 11.5 Å².